The van der Waals surface area contributed by atoms with Crippen LogP contribution in [0.25, 0.3) is 0 Å². The third kappa shape index (κ3) is 3.81. The van der Waals surface area contributed by atoms with Gasteiger partial charge in [0.1, 0.15) is 5.69 Å². The lowest BCUT2D eigenvalue weighted by Crippen LogP contribution is -2.22. The van der Waals surface area contributed by atoms with Crippen LogP contribution in [0.5, 0.6) is 11.9 Å². The van der Waals surface area contributed by atoms with Crippen LogP contribution in [0.4, 0.5) is 5.69 Å². The van der Waals surface area contributed by atoms with E-state index in [2.05, 4.69) is 9.97 Å². The second-order valence-corrected chi connectivity index (χ2v) is 5.65. The van der Waals surface area contributed by atoms with E-state index in [1.165, 1.54) is 14.2 Å². The highest BCUT2D eigenvalue weighted by Crippen LogP contribution is 2.33. The monoisotopic (exact) mass is 343 g/mol. The smallest absolute Gasteiger partial charge is 0.352 e. The van der Waals surface area contributed by atoms with Gasteiger partial charge in [0, 0.05) is 0 Å². The topological polar surface area (TPSA) is 104 Å². The standard InChI is InChI=1S/C9H8Cl3N3O5/c1-19-7-6(15(17)18)4(13-8(14-7)20-2)3-5(16)9(10,11)12/h3H2,1-2H3. The molecule has 0 bridgehead atoms. The zero-order valence-corrected chi connectivity index (χ0v) is 12.5. The minimum absolute atomic E-state index is 0.209. The molecule has 0 saturated heterocycles. The average molecular weight is 345 g/mol. The van der Waals surface area contributed by atoms with E-state index in [0.717, 1.165) is 0 Å². The van der Waals surface area contributed by atoms with Crippen LogP contribution in [-0.2, 0) is 11.2 Å². The maximum atomic E-state index is 11.6. The number of nitro groups is 1. The van der Waals surface area contributed by atoms with E-state index in [-0.39, 0.29) is 17.6 Å². The molecule has 0 atom stereocenters. The van der Waals surface area contributed by atoms with Gasteiger partial charge in [-0.25, -0.2) is 0 Å². The molecule has 1 aromatic heterocycles. The molecule has 0 unspecified atom stereocenters. The van der Waals surface area contributed by atoms with Gasteiger partial charge in [-0.2, -0.15) is 9.97 Å². The molecule has 0 fully saturated rings. The SMILES string of the molecule is COc1nc(CC(=O)C(Cl)(Cl)Cl)c([N+](=O)[O-])c(OC)n1. The van der Waals surface area contributed by atoms with Crippen molar-refractivity contribution in [1.82, 2.24) is 9.97 Å². The summed E-state index contributed by atoms with van der Waals surface area (Å²) in [5, 5.41) is 11.0. The van der Waals surface area contributed by atoms with Gasteiger partial charge in [0.15, 0.2) is 5.78 Å². The third-order valence-corrected chi connectivity index (χ3v) is 2.74. The van der Waals surface area contributed by atoms with E-state index in [1.807, 2.05) is 0 Å². The summed E-state index contributed by atoms with van der Waals surface area (Å²) in [6, 6.07) is -0.209. The molecular weight excluding hydrogens is 336 g/mol. The van der Waals surface area contributed by atoms with Crippen LogP contribution in [0, 0.1) is 10.1 Å². The fourth-order valence-corrected chi connectivity index (χ4v) is 1.45. The van der Waals surface area contributed by atoms with Crippen molar-refractivity contribution in [2.45, 2.75) is 10.2 Å². The van der Waals surface area contributed by atoms with E-state index in [9.17, 15) is 14.9 Å². The van der Waals surface area contributed by atoms with E-state index in [4.69, 9.17) is 44.3 Å². The summed E-state index contributed by atoms with van der Waals surface area (Å²) in [5.74, 6) is -1.23. The Hall–Kier alpha value is -1.38. The van der Waals surface area contributed by atoms with Crippen molar-refractivity contribution in [2.24, 2.45) is 0 Å². The molecule has 1 rings (SSSR count). The van der Waals surface area contributed by atoms with E-state index in [0.29, 0.717) is 0 Å². The van der Waals surface area contributed by atoms with Crippen molar-refractivity contribution in [1.29, 1.82) is 0 Å². The number of rotatable bonds is 5. The molecule has 1 aromatic rings. The van der Waals surface area contributed by atoms with Crippen LogP contribution in [-0.4, -0.2) is 38.7 Å². The summed E-state index contributed by atoms with van der Waals surface area (Å²) in [4.78, 5) is 29.3. The quantitative estimate of drug-likeness (QED) is 0.456. The fourth-order valence-electron chi connectivity index (χ4n) is 1.25. The van der Waals surface area contributed by atoms with Gasteiger partial charge >= 0.3 is 17.6 Å². The Kier molecular flexibility index (Phi) is 5.32. The van der Waals surface area contributed by atoms with Crippen LogP contribution in [0.3, 0.4) is 0 Å². The highest BCUT2D eigenvalue weighted by molar-refractivity contribution is 6.76. The molecule has 0 aliphatic carbocycles. The molecule has 0 spiro atoms. The lowest BCUT2D eigenvalue weighted by Gasteiger charge is -2.10. The predicted molar refractivity (Wildman–Crippen MR) is 70.8 cm³/mol. The van der Waals surface area contributed by atoms with Crippen LogP contribution < -0.4 is 9.47 Å². The van der Waals surface area contributed by atoms with Crippen molar-refractivity contribution < 1.29 is 19.2 Å². The van der Waals surface area contributed by atoms with Gasteiger partial charge < -0.3 is 9.47 Å². The maximum absolute atomic E-state index is 11.6. The second kappa shape index (κ2) is 6.38. The lowest BCUT2D eigenvalue weighted by atomic mass is 10.2. The summed E-state index contributed by atoms with van der Waals surface area (Å²) in [5.41, 5.74) is -0.856. The number of carbonyl (C=O) groups excluding carboxylic acids is 1. The molecule has 0 aliphatic rings. The predicted octanol–water partition coefficient (Wildman–Crippen LogP) is 1.88. The molecular formula is C9H8Cl3N3O5. The van der Waals surface area contributed by atoms with E-state index in [1.54, 1.807) is 0 Å². The Morgan fingerprint density at radius 1 is 1.30 bits per heavy atom. The number of aromatic nitrogens is 2. The Morgan fingerprint density at radius 2 is 1.90 bits per heavy atom. The molecule has 0 N–H and O–H groups in total. The summed E-state index contributed by atoms with van der Waals surface area (Å²) in [7, 11) is 2.43. The number of carbonyl (C=O) groups is 1. The Labute approximate surface area is 128 Å². The molecule has 1 heterocycles. The van der Waals surface area contributed by atoms with Crippen molar-refractivity contribution in [2.75, 3.05) is 14.2 Å². The number of halogens is 3. The van der Waals surface area contributed by atoms with Crippen LogP contribution in [0.15, 0.2) is 0 Å². The van der Waals surface area contributed by atoms with Crippen molar-refractivity contribution in [3.8, 4) is 11.9 Å². The first-order chi connectivity index (χ1) is 9.20. The van der Waals surface area contributed by atoms with Gasteiger partial charge in [-0.1, -0.05) is 34.8 Å². The highest BCUT2D eigenvalue weighted by atomic mass is 35.6. The summed E-state index contributed by atoms with van der Waals surface area (Å²) >= 11 is 16.3. The van der Waals surface area contributed by atoms with E-state index < -0.39 is 26.6 Å². The van der Waals surface area contributed by atoms with Gasteiger partial charge in [-0.3, -0.25) is 14.9 Å². The first-order valence-corrected chi connectivity index (χ1v) is 6.07. The number of hydrogen-bond acceptors (Lipinski definition) is 7. The Morgan fingerprint density at radius 3 is 2.30 bits per heavy atom. The molecule has 0 amide bonds. The molecule has 11 heteroatoms. The molecule has 0 aliphatic heterocycles. The largest absolute Gasteiger partial charge is 0.476 e. The number of Topliss-reactive ketones (excluding diaryl/α,β-unsaturated/α-hetero) is 1. The van der Waals surface area contributed by atoms with Gasteiger partial charge in [-0.15, -0.1) is 0 Å². The van der Waals surface area contributed by atoms with Crippen LogP contribution in [0.1, 0.15) is 5.69 Å². The second-order valence-electron chi connectivity index (χ2n) is 3.37. The number of nitrogens with zero attached hydrogens (tertiary/aromatic N) is 3. The maximum Gasteiger partial charge on any atom is 0.352 e. The summed E-state index contributed by atoms with van der Waals surface area (Å²) < 4.78 is 7.33. The van der Waals surface area contributed by atoms with Crippen molar-refractivity contribution in [3.63, 3.8) is 0 Å². The average Bonchev–Trinajstić information content (AvgIpc) is 2.35. The normalized spacial score (nSPS) is 11.1. The minimum atomic E-state index is -2.21. The van der Waals surface area contributed by atoms with Gasteiger partial charge in [0.05, 0.1) is 25.6 Å². The highest BCUT2D eigenvalue weighted by Gasteiger charge is 2.35. The number of ketones is 1. The zero-order chi connectivity index (χ0) is 15.5. The molecule has 8 nitrogen and oxygen atoms in total. The van der Waals surface area contributed by atoms with Gasteiger partial charge in [0.25, 0.3) is 0 Å². The molecule has 0 saturated carbocycles. The van der Waals surface area contributed by atoms with Gasteiger partial charge in [0.2, 0.25) is 3.79 Å². The van der Waals surface area contributed by atoms with Gasteiger partial charge in [-0.05, 0) is 0 Å². The van der Waals surface area contributed by atoms with Crippen molar-refractivity contribution >= 4 is 46.3 Å². The zero-order valence-electron chi connectivity index (χ0n) is 10.2. The third-order valence-electron chi connectivity index (χ3n) is 2.11. The number of ether oxygens (including phenoxy) is 2. The number of alkyl halides is 3. The molecule has 110 valence electrons. The Bertz CT molecular complexity index is 546. The summed E-state index contributed by atoms with van der Waals surface area (Å²) in [6.45, 7) is 0. The Balaban J connectivity index is 3.35. The van der Waals surface area contributed by atoms with Crippen molar-refractivity contribution in [3.05, 3.63) is 15.8 Å². The first kappa shape index (κ1) is 16.7. The lowest BCUT2D eigenvalue weighted by molar-refractivity contribution is -0.387. The fraction of sp³-hybridized carbons (Fsp3) is 0.444. The molecule has 20 heavy (non-hydrogen) atoms. The van der Waals surface area contributed by atoms with Crippen LogP contribution >= 0.6 is 34.8 Å². The number of methoxy groups -OCH3 is 2. The summed E-state index contributed by atoms with van der Waals surface area (Å²) in [6.07, 6.45) is -0.581. The molecule has 0 aromatic carbocycles. The minimum Gasteiger partial charge on any atom is -0.476 e. The molecule has 0 radical (unpaired) electrons. The van der Waals surface area contributed by atoms with E-state index >= 15 is 0 Å². The van der Waals surface area contributed by atoms with Crippen LogP contribution in [0.2, 0.25) is 0 Å². The number of hydrogen-bond donors (Lipinski definition) is 0. The first-order valence-electron chi connectivity index (χ1n) is 4.94.